The Bertz CT molecular complexity index is 857. The highest BCUT2D eigenvalue weighted by atomic mass is 16.7. The molecule has 0 spiro atoms. The molecule has 0 N–H and O–H groups in total. The second kappa shape index (κ2) is 7.22. The van der Waals surface area contributed by atoms with Crippen LogP contribution in [0.5, 0.6) is 0 Å². The van der Waals surface area contributed by atoms with Crippen molar-refractivity contribution in [1.29, 1.82) is 0 Å². The third kappa shape index (κ3) is 3.45. The average molecular weight is 333 g/mol. The second-order valence-corrected chi connectivity index (χ2v) is 4.95. The van der Waals surface area contributed by atoms with Gasteiger partial charge in [-0.25, -0.2) is 15.1 Å². The lowest BCUT2D eigenvalue weighted by Gasteiger charge is -2.26. The predicted octanol–water partition coefficient (Wildman–Crippen LogP) is 3.14. The fourth-order valence-corrected chi connectivity index (χ4v) is 2.25. The van der Waals surface area contributed by atoms with Crippen molar-refractivity contribution in [1.82, 2.24) is 4.98 Å². The van der Waals surface area contributed by atoms with Gasteiger partial charge in [-0.15, -0.1) is 0 Å². The molecule has 0 unspecified atom stereocenters. The molecule has 3 rings (SSSR count). The van der Waals surface area contributed by atoms with Crippen LogP contribution in [-0.4, -0.2) is 15.9 Å². The smallest absolute Gasteiger partial charge is 0.267 e. The fraction of sp³-hybridized carbons (Fsp3) is 0. The number of pyridine rings is 1. The molecular formula is C18H13N4O3. The minimum Gasteiger partial charge on any atom is -0.267 e. The van der Waals surface area contributed by atoms with Crippen LogP contribution in [0.2, 0.25) is 0 Å². The molecule has 0 atom stereocenters. The first-order valence-corrected chi connectivity index (χ1v) is 7.40. The van der Waals surface area contributed by atoms with Gasteiger partial charge in [0.2, 0.25) is 5.82 Å². The van der Waals surface area contributed by atoms with Gasteiger partial charge in [0, 0.05) is 22.9 Å². The molecule has 1 amide bonds. The largest absolute Gasteiger partial charge is 0.281 e. The third-order valence-electron chi connectivity index (χ3n) is 3.33. The van der Waals surface area contributed by atoms with E-state index in [9.17, 15) is 14.9 Å². The molecule has 0 aliphatic rings. The Morgan fingerprint density at radius 2 is 1.72 bits per heavy atom. The van der Waals surface area contributed by atoms with Crippen LogP contribution in [0.1, 0.15) is 10.4 Å². The fourth-order valence-electron chi connectivity index (χ4n) is 2.25. The topological polar surface area (TPSA) is 79.6 Å². The van der Waals surface area contributed by atoms with Crippen LogP contribution >= 0.6 is 0 Å². The van der Waals surface area contributed by atoms with Gasteiger partial charge in [-0.1, -0.05) is 42.5 Å². The van der Waals surface area contributed by atoms with Crippen molar-refractivity contribution in [3.05, 3.63) is 101 Å². The van der Waals surface area contributed by atoms with Crippen molar-refractivity contribution in [3.8, 4) is 0 Å². The first-order valence-electron chi connectivity index (χ1n) is 7.40. The van der Waals surface area contributed by atoms with Gasteiger partial charge in [-0.05, 0) is 30.3 Å². The Balaban J connectivity index is 2.13. The van der Waals surface area contributed by atoms with E-state index in [4.69, 9.17) is 0 Å². The summed E-state index contributed by atoms with van der Waals surface area (Å²) < 4.78 is 0. The quantitative estimate of drug-likeness (QED) is 0.529. The molecule has 0 aliphatic heterocycles. The van der Waals surface area contributed by atoms with Gasteiger partial charge in [-0.3, -0.25) is 4.79 Å². The van der Waals surface area contributed by atoms with Gasteiger partial charge >= 0.3 is 0 Å². The number of anilines is 2. The maximum absolute atomic E-state index is 13.0. The van der Waals surface area contributed by atoms with Crippen molar-refractivity contribution in [2.75, 3.05) is 10.1 Å². The molecular weight excluding hydrogens is 320 g/mol. The zero-order valence-corrected chi connectivity index (χ0v) is 13.0. The van der Waals surface area contributed by atoms with E-state index in [0.717, 1.165) is 5.01 Å². The van der Waals surface area contributed by atoms with Crippen LogP contribution in [0, 0.1) is 16.2 Å². The molecule has 7 nitrogen and oxygen atoms in total. The van der Waals surface area contributed by atoms with Gasteiger partial charge in [0.15, 0.2) is 5.03 Å². The van der Waals surface area contributed by atoms with Crippen LogP contribution in [-0.2, 0) is 0 Å². The lowest BCUT2D eigenvalue weighted by atomic mass is 10.2. The summed E-state index contributed by atoms with van der Waals surface area (Å²) >= 11 is 0. The monoisotopic (exact) mass is 333 g/mol. The number of aromatic nitrogens is 1. The van der Waals surface area contributed by atoms with Crippen LogP contribution in [0.3, 0.4) is 0 Å². The minimum absolute atomic E-state index is 0.00836. The lowest BCUT2D eigenvalue weighted by Crippen LogP contribution is -2.51. The van der Waals surface area contributed by atoms with Crippen LogP contribution in [0.15, 0.2) is 79.0 Å². The van der Waals surface area contributed by atoms with E-state index in [1.165, 1.54) is 12.3 Å². The van der Waals surface area contributed by atoms with E-state index < -0.39 is 10.9 Å². The van der Waals surface area contributed by atoms with Crippen molar-refractivity contribution in [3.63, 3.8) is 0 Å². The molecule has 0 saturated heterocycles. The summed E-state index contributed by atoms with van der Waals surface area (Å²) in [6, 6.07) is 22.4. The van der Waals surface area contributed by atoms with Crippen molar-refractivity contribution < 1.29 is 9.83 Å². The predicted molar refractivity (Wildman–Crippen MR) is 92.2 cm³/mol. The van der Waals surface area contributed by atoms with E-state index in [-0.39, 0.29) is 11.5 Å². The number of para-hydroxylation sites is 1. The number of nitro groups is 1. The van der Waals surface area contributed by atoms with Gasteiger partial charge in [-0.2, -0.15) is 5.01 Å². The van der Waals surface area contributed by atoms with Crippen LogP contribution in [0.4, 0.5) is 11.5 Å². The molecule has 3 aromatic rings. The van der Waals surface area contributed by atoms with Crippen LogP contribution in [0.25, 0.3) is 0 Å². The van der Waals surface area contributed by atoms with E-state index in [2.05, 4.69) is 11.1 Å². The molecule has 1 radical (unpaired) electrons. The number of benzene rings is 2. The van der Waals surface area contributed by atoms with Gasteiger partial charge in [0.25, 0.3) is 5.91 Å². The number of hydrazine groups is 2. The molecule has 0 fully saturated rings. The number of amides is 1. The summed E-state index contributed by atoms with van der Waals surface area (Å²) in [7, 11) is 0. The molecule has 0 bridgehead atoms. The Morgan fingerprint density at radius 3 is 2.32 bits per heavy atom. The number of hydrogen-bond acceptors (Lipinski definition) is 4. The molecule has 1 aromatic heterocycles. The zero-order valence-electron chi connectivity index (χ0n) is 13.0. The SMILES string of the molecule is O=C(c1ccccc1)N(c1[c]cccc1)N(c1ccccn1)[N+](=O)[O-]. The number of carbonyl (C=O) groups excluding carboxylic acids is 1. The summed E-state index contributed by atoms with van der Waals surface area (Å²) in [6.07, 6.45) is 1.42. The highest BCUT2D eigenvalue weighted by Gasteiger charge is 2.34. The Morgan fingerprint density at radius 1 is 1.00 bits per heavy atom. The molecule has 0 aliphatic carbocycles. The highest BCUT2D eigenvalue weighted by Crippen LogP contribution is 2.23. The van der Waals surface area contributed by atoms with Crippen molar-refractivity contribution >= 4 is 17.4 Å². The summed E-state index contributed by atoms with van der Waals surface area (Å²) in [4.78, 5) is 28.7. The normalized spacial score (nSPS) is 10.1. The number of nitrogens with zero attached hydrogens (tertiary/aromatic N) is 4. The number of hydrogen-bond donors (Lipinski definition) is 0. The molecule has 25 heavy (non-hydrogen) atoms. The van der Waals surface area contributed by atoms with E-state index in [1.807, 2.05) is 0 Å². The lowest BCUT2D eigenvalue weighted by molar-refractivity contribution is -0.495. The third-order valence-corrected chi connectivity index (χ3v) is 3.33. The molecule has 123 valence electrons. The summed E-state index contributed by atoms with van der Waals surface area (Å²) in [6.45, 7) is 0. The van der Waals surface area contributed by atoms with E-state index >= 15 is 0 Å². The minimum atomic E-state index is -0.690. The summed E-state index contributed by atoms with van der Waals surface area (Å²) in [5, 5.41) is 12.6. The summed E-state index contributed by atoms with van der Waals surface area (Å²) in [5.74, 6) is -0.556. The van der Waals surface area contributed by atoms with Crippen LogP contribution < -0.4 is 10.1 Å². The van der Waals surface area contributed by atoms with E-state index in [0.29, 0.717) is 10.7 Å². The van der Waals surface area contributed by atoms with Gasteiger partial charge in [0.1, 0.15) is 0 Å². The first-order chi connectivity index (χ1) is 12.2. The Labute approximate surface area is 143 Å². The maximum atomic E-state index is 13.0. The van der Waals surface area contributed by atoms with Crippen molar-refractivity contribution in [2.45, 2.75) is 0 Å². The van der Waals surface area contributed by atoms with Gasteiger partial charge in [0.05, 0.1) is 5.69 Å². The zero-order chi connectivity index (χ0) is 17.6. The number of carbonyl (C=O) groups is 1. The Kier molecular flexibility index (Phi) is 4.66. The maximum Gasteiger partial charge on any atom is 0.281 e. The highest BCUT2D eigenvalue weighted by molar-refractivity contribution is 6.07. The molecule has 1 heterocycles. The standard InChI is InChI=1S/C18H13N4O3/c23-18(15-9-3-1-4-10-15)20(16-11-5-2-6-12-16)21(22(24)25)17-13-7-8-14-19-17/h1-11,13-14H. The molecule has 2 aromatic carbocycles. The number of rotatable bonds is 5. The average Bonchev–Trinajstić information content (AvgIpc) is 2.67. The molecule has 7 heteroatoms. The Hall–Kier alpha value is -3.74. The summed E-state index contributed by atoms with van der Waals surface area (Å²) in [5.41, 5.74) is 0.543. The second-order valence-electron chi connectivity index (χ2n) is 4.95. The van der Waals surface area contributed by atoms with E-state index in [1.54, 1.807) is 66.7 Å². The van der Waals surface area contributed by atoms with Gasteiger partial charge < -0.3 is 0 Å². The first kappa shape index (κ1) is 16.1. The van der Waals surface area contributed by atoms with Crippen molar-refractivity contribution in [2.24, 2.45) is 0 Å². The molecule has 0 saturated carbocycles.